The molecule has 4 unspecified atom stereocenters. The average Bonchev–Trinajstić information content (AvgIpc) is 3.36. The van der Waals surface area contributed by atoms with Crippen molar-refractivity contribution in [2.75, 3.05) is 13.2 Å². The van der Waals surface area contributed by atoms with Gasteiger partial charge < -0.3 is 9.47 Å². The second kappa shape index (κ2) is 10.1. The van der Waals surface area contributed by atoms with E-state index in [1.54, 1.807) is 0 Å². The number of fused-ring (bicyclic) bond motifs is 1. The van der Waals surface area contributed by atoms with Gasteiger partial charge in [-0.1, -0.05) is 90.1 Å². The highest BCUT2D eigenvalue weighted by Crippen LogP contribution is 2.36. The molecule has 2 fully saturated rings. The molecule has 2 aliphatic heterocycles. The fourth-order valence-corrected chi connectivity index (χ4v) is 5.31. The van der Waals surface area contributed by atoms with Gasteiger partial charge in [-0.2, -0.15) is 0 Å². The Morgan fingerprint density at radius 2 is 1.03 bits per heavy atom. The van der Waals surface area contributed by atoms with Crippen LogP contribution in [-0.4, -0.2) is 36.6 Å². The molecule has 2 aromatic rings. The summed E-state index contributed by atoms with van der Waals surface area (Å²) in [5.41, 5.74) is 5.59. The maximum Gasteiger partial charge on any atom is 0.115 e. The van der Waals surface area contributed by atoms with Crippen LogP contribution in [0.2, 0.25) is 0 Å². The normalized spacial score (nSPS) is 25.4. The third-order valence-electron chi connectivity index (χ3n) is 7.31. The van der Waals surface area contributed by atoms with Gasteiger partial charge >= 0.3 is 0 Å². The minimum absolute atomic E-state index is 0.128. The second-order valence-electron chi connectivity index (χ2n) is 10.7. The van der Waals surface area contributed by atoms with E-state index in [2.05, 4.69) is 95.0 Å². The van der Waals surface area contributed by atoms with Gasteiger partial charge in [-0.05, 0) is 46.9 Å². The Bertz CT molecular complexity index is 786. The molecule has 3 heteroatoms. The molecule has 0 aromatic heterocycles. The van der Waals surface area contributed by atoms with Gasteiger partial charge in [0.1, 0.15) is 12.5 Å². The zero-order valence-corrected chi connectivity index (χ0v) is 20.8. The van der Waals surface area contributed by atoms with Crippen molar-refractivity contribution in [3.05, 3.63) is 70.8 Å². The molecule has 4 rings (SSSR count). The van der Waals surface area contributed by atoms with Crippen molar-refractivity contribution in [1.29, 1.82) is 0 Å². The maximum atomic E-state index is 6.33. The van der Waals surface area contributed by atoms with Crippen molar-refractivity contribution < 1.29 is 9.47 Å². The number of hydrogen-bond donors (Lipinski definition) is 0. The van der Waals surface area contributed by atoms with Crippen LogP contribution in [0, 0.1) is 11.8 Å². The molecule has 0 bridgehead atoms. The van der Waals surface area contributed by atoms with Crippen molar-refractivity contribution in [2.45, 2.75) is 84.7 Å². The lowest BCUT2D eigenvalue weighted by atomic mass is 9.93. The highest BCUT2D eigenvalue weighted by atomic mass is 16.6. The topological polar surface area (TPSA) is 21.7 Å². The molecule has 0 radical (unpaired) electrons. The first kappa shape index (κ1) is 23.5. The summed E-state index contributed by atoms with van der Waals surface area (Å²) < 4.78 is 12.7. The van der Waals surface area contributed by atoms with E-state index in [0.29, 0.717) is 29.7 Å². The summed E-state index contributed by atoms with van der Waals surface area (Å²) >= 11 is 0. The van der Waals surface area contributed by atoms with Crippen LogP contribution in [0.1, 0.15) is 75.6 Å². The molecule has 0 N–H and O–H groups in total. The Morgan fingerprint density at radius 3 is 1.38 bits per heavy atom. The van der Waals surface area contributed by atoms with E-state index in [9.17, 15) is 0 Å². The summed E-state index contributed by atoms with van der Waals surface area (Å²) in [6.45, 7) is 15.2. The zero-order chi connectivity index (χ0) is 22.8. The van der Waals surface area contributed by atoms with Crippen LogP contribution in [0.15, 0.2) is 48.5 Å². The zero-order valence-electron chi connectivity index (χ0n) is 20.8. The Kier molecular flexibility index (Phi) is 7.39. The summed E-state index contributed by atoms with van der Waals surface area (Å²) in [4.78, 5) is 2.54. The maximum absolute atomic E-state index is 6.33. The third-order valence-corrected chi connectivity index (χ3v) is 7.31. The summed E-state index contributed by atoms with van der Waals surface area (Å²) in [5.74, 6) is 2.00. The van der Waals surface area contributed by atoms with Crippen LogP contribution in [0.5, 0.6) is 0 Å². The summed E-state index contributed by atoms with van der Waals surface area (Å²) in [5, 5.41) is 0. The van der Waals surface area contributed by atoms with E-state index < -0.39 is 0 Å². The molecule has 2 heterocycles. The number of ether oxygens (including phenoxy) is 2. The van der Waals surface area contributed by atoms with Gasteiger partial charge in [0.2, 0.25) is 0 Å². The summed E-state index contributed by atoms with van der Waals surface area (Å²) in [6.07, 6.45) is 2.32. The lowest BCUT2D eigenvalue weighted by Gasteiger charge is -2.34. The standard InChI is InChI=1S/C29H41NO2/c1-19(2)25-11-7-23(8-12-25)15-21(5)28-30-27(17-31-28)18-32-29(30)22(6)16-24-9-13-26(14-10-24)20(3)4/h7-14,19-22,27-29H,15-18H2,1-6H3. The van der Waals surface area contributed by atoms with Gasteiger partial charge in [-0.25, -0.2) is 4.90 Å². The molecular formula is C29H41NO2. The Morgan fingerprint density at radius 1 is 0.656 bits per heavy atom. The smallest absolute Gasteiger partial charge is 0.115 e. The van der Waals surface area contributed by atoms with Gasteiger partial charge in [0, 0.05) is 11.8 Å². The average molecular weight is 436 g/mol. The van der Waals surface area contributed by atoms with E-state index in [4.69, 9.17) is 9.47 Å². The molecule has 2 saturated heterocycles. The molecule has 0 saturated carbocycles. The van der Waals surface area contributed by atoms with Gasteiger partial charge in [-0.3, -0.25) is 0 Å². The first-order valence-corrected chi connectivity index (χ1v) is 12.5. The van der Waals surface area contributed by atoms with Crippen LogP contribution in [-0.2, 0) is 22.3 Å². The highest BCUT2D eigenvalue weighted by molar-refractivity contribution is 5.26. The highest BCUT2D eigenvalue weighted by Gasteiger charge is 2.48. The Hall–Kier alpha value is -1.68. The minimum Gasteiger partial charge on any atom is -0.361 e. The monoisotopic (exact) mass is 435 g/mol. The van der Waals surface area contributed by atoms with Gasteiger partial charge in [0.05, 0.1) is 19.3 Å². The van der Waals surface area contributed by atoms with Crippen molar-refractivity contribution in [3.63, 3.8) is 0 Å². The van der Waals surface area contributed by atoms with Gasteiger partial charge in [-0.15, -0.1) is 0 Å². The van der Waals surface area contributed by atoms with Crippen LogP contribution in [0.3, 0.4) is 0 Å². The Balaban J connectivity index is 1.40. The molecule has 2 aromatic carbocycles. The van der Waals surface area contributed by atoms with E-state index in [0.717, 1.165) is 26.1 Å². The number of hydrogen-bond acceptors (Lipinski definition) is 3. The fraction of sp³-hybridized carbons (Fsp3) is 0.586. The lowest BCUT2D eigenvalue weighted by molar-refractivity contribution is -0.0982. The predicted octanol–water partition coefficient (Wildman–Crippen LogP) is 6.37. The van der Waals surface area contributed by atoms with E-state index >= 15 is 0 Å². The van der Waals surface area contributed by atoms with E-state index in [1.807, 2.05) is 0 Å². The molecule has 32 heavy (non-hydrogen) atoms. The van der Waals surface area contributed by atoms with Crippen LogP contribution in [0.25, 0.3) is 0 Å². The SMILES string of the molecule is CC(C)c1ccc(CC(C)C2OCC3COC(C(C)Cc4ccc(C(C)C)cc4)N32)cc1. The molecule has 4 atom stereocenters. The van der Waals surface area contributed by atoms with Crippen molar-refractivity contribution in [3.8, 4) is 0 Å². The lowest BCUT2D eigenvalue weighted by Crippen LogP contribution is -2.46. The first-order valence-electron chi connectivity index (χ1n) is 12.5. The van der Waals surface area contributed by atoms with Crippen LogP contribution < -0.4 is 0 Å². The van der Waals surface area contributed by atoms with E-state index in [1.165, 1.54) is 22.3 Å². The fourth-order valence-electron chi connectivity index (χ4n) is 5.31. The molecule has 174 valence electrons. The molecule has 2 aliphatic rings. The van der Waals surface area contributed by atoms with Crippen LogP contribution >= 0.6 is 0 Å². The second-order valence-corrected chi connectivity index (χ2v) is 10.7. The third kappa shape index (κ3) is 5.11. The molecule has 0 aliphatic carbocycles. The summed E-state index contributed by atoms with van der Waals surface area (Å²) in [7, 11) is 0. The van der Waals surface area contributed by atoms with E-state index in [-0.39, 0.29) is 12.5 Å². The molecule has 0 amide bonds. The summed E-state index contributed by atoms with van der Waals surface area (Å²) in [6, 6.07) is 18.7. The van der Waals surface area contributed by atoms with Crippen molar-refractivity contribution in [2.24, 2.45) is 11.8 Å². The van der Waals surface area contributed by atoms with Gasteiger partial charge in [0.15, 0.2) is 0 Å². The van der Waals surface area contributed by atoms with Gasteiger partial charge in [0.25, 0.3) is 0 Å². The van der Waals surface area contributed by atoms with Crippen molar-refractivity contribution >= 4 is 0 Å². The predicted molar refractivity (Wildman–Crippen MR) is 132 cm³/mol. The molecule has 3 nitrogen and oxygen atoms in total. The number of rotatable bonds is 8. The molecular weight excluding hydrogens is 394 g/mol. The number of nitrogens with zero attached hydrogens (tertiary/aromatic N) is 1. The van der Waals surface area contributed by atoms with Crippen LogP contribution in [0.4, 0.5) is 0 Å². The Labute approximate surface area is 195 Å². The van der Waals surface area contributed by atoms with Crippen molar-refractivity contribution in [1.82, 2.24) is 4.90 Å². The largest absolute Gasteiger partial charge is 0.361 e. The quantitative estimate of drug-likeness (QED) is 0.481. The minimum atomic E-state index is 0.128. The first-order chi connectivity index (χ1) is 15.3. The number of benzene rings is 2. The molecule has 0 spiro atoms.